The smallest absolute Gasteiger partial charge is 0.362 e. The highest BCUT2D eigenvalue weighted by atomic mass is 35.6. The third kappa shape index (κ3) is 7.37. The molecule has 0 saturated heterocycles. The topological polar surface area (TPSA) is 114 Å². The second-order valence-corrected chi connectivity index (χ2v) is 8.11. The zero-order chi connectivity index (χ0) is 17.0. The summed E-state index contributed by atoms with van der Waals surface area (Å²) in [5.74, 6) is -0.254. The predicted octanol–water partition coefficient (Wildman–Crippen LogP) is 1.74. The largest absolute Gasteiger partial charge is 0.508 e. The van der Waals surface area contributed by atoms with E-state index in [1.165, 1.54) is 6.07 Å². The van der Waals surface area contributed by atoms with Crippen LogP contribution in [0.25, 0.3) is 0 Å². The number of nitrogens with one attached hydrogen (secondary N) is 1. The van der Waals surface area contributed by atoms with E-state index >= 15 is 0 Å². The standard InChI is InChI=1S/C11H14Cl3N3O4S/c1-7-4-9(18)3-2-8(7)5-16-10(15)17-22(19,20)21-6-11(12,13)14/h2-4,18H,5-6H2,1H3,(H3,15,16,17). The van der Waals surface area contributed by atoms with Gasteiger partial charge in [0.1, 0.15) is 12.4 Å². The number of halogens is 3. The van der Waals surface area contributed by atoms with E-state index in [2.05, 4.69) is 9.18 Å². The van der Waals surface area contributed by atoms with Crippen LogP contribution < -0.4 is 10.5 Å². The van der Waals surface area contributed by atoms with Crippen LogP contribution in [0.3, 0.4) is 0 Å². The van der Waals surface area contributed by atoms with Gasteiger partial charge in [-0.25, -0.2) is 13.9 Å². The summed E-state index contributed by atoms with van der Waals surface area (Å²) in [6.45, 7) is 1.22. The number of aryl methyl sites for hydroxylation is 1. The molecule has 0 radical (unpaired) electrons. The van der Waals surface area contributed by atoms with E-state index in [0.717, 1.165) is 11.1 Å². The molecule has 1 aromatic carbocycles. The molecular formula is C11H14Cl3N3O4S. The number of hydrogen-bond donors (Lipinski definition) is 3. The van der Waals surface area contributed by atoms with Crippen LogP contribution in [0.15, 0.2) is 23.2 Å². The van der Waals surface area contributed by atoms with Crippen LogP contribution in [0.5, 0.6) is 5.75 Å². The predicted molar refractivity (Wildman–Crippen MR) is 86.5 cm³/mol. The molecule has 11 heteroatoms. The van der Waals surface area contributed by atoms with Crippen molar-refractivity contribution in [2.24, 2.45) is 10.7 Å². The van der Waals surface area contributed by atoms with Gasteiger partial charge in [0, 0.05) is 0 Å². The number of guanidine groups is 1. The van der Waals surface area contributed by atoms with Gasteiger partial charge in [-0.1, -0.05) is 40.9 Å². The first-order valence-corrected chi connectivity index (χ1v) is 8.35. The molecule has 1 aromatic rings. The van der Waals surface area contributed by atoms with E-state index < -0.39 is 20.7 Å². The minimum Gasteiger partial charge on any atom is -0.508 e. The van der Waals surface area contributed by atoms with Gasteiger partial charge in [-0.2, -0.15) is 8.42 Å². The van der Waals surface area contributed by atoms with Gasteiger partial charge in [0.2, 0.25) is 9.75 Å². The molecule has 1 rings (SSSR count). The van der Waals surface area contributed by atoms with Crippen molar-refractivity contribution in [1.29, 1.82) is 0 Å². The number of rotatable bonds is 5. The van der Waals surface area contributed by atoms with Gasteiger partial charge < -0.3 is 10.8 Å². The van der Waals surface area contributed by atoms with E-state index in [9.17, 15) is 13.5 Å². The first-order valence-electron chi connectivity index (χ1n) is 5.81. The maximum atomic E-state index is 11.5. The van der Waals surface area contributed by atoms with Crippen molar-refractivity contribution in [2.75, 3.05) is 6.61 Å². The van der Waals surface area contributed by atoms with E-state index in [1.54, 1.807) is 19.1 Å². The van der Waals surface area contributed by atoms with Gasteiger partial charge in [0.05, 0.1) is 6.54 Å². The molecule has 0 aliphatic rings. The first-order chi connectivity index (χ1) is 9.98. The average Bonchev–Trinajstić information content (AvgIpc) is 2.34. The van der Waals surface area contributed by atoms with E-state index in [1.807, 2.05) is 4.72 Å². The number of phenols is 1. The molecule has 22 heavy (non-hydrogen) atoms. The van der Waals surface area contributed by atoms with E-state index in [4.69, 9.17) is 40.5 Å². The summed E-state index contributed by atoms with van der Waals surface area (Å²) in [4.78, 5) is 3.86. The Morgan fingerprint density at radius 2 is 2.09 bits per heavy atom. The molecule has 0 aliphatic heterocycles. The summed E-state index contributed by atoms with van der Waals surface area (Å²) in [5, 5.41) is 9.29. The molecule has 0 fully saturated rings. The molecule has 4 N–H and O–H groups in total. The van der Waals surface area contributed by atoms with Crippen LogP contribution in [-0.4, -0.2) is 29.9 Å². The first kappa shape index (κ1) is 19.1. The van der Waals surface area contributed by atoms with Crippen molar-refractivity contribution < 1.29 is 17.7 Å². The van der Waals surface area contributed by atoms with Gasteiger partial charge in [0.25, 0.3) is 0 Å². The summed E-state index contributed by atoms with van der Waals surface area (Å²) in [6, 6.07) is 4.69. The van der Waals surface area contributed by atoms with Crippen molar-refractivity contribution >= 4 is 51.1 Å². The lowest BCUT2D eigenvalue weighted by atomic mass is 10.1. The fourth-order valence-corrected chi connectivity index (χ4v) is 2.43. The molecule has 0 amide bonds. The molecule has 0 aliphatic carbocycles. The van der Waals surface area contributed by atoms with Crippen molar-refractivity contribution in [2.45, 2.75) is 17.3 Å². The number of nitrogens with zero attached hydrogens (tertiary/aromatic N) is 1. The summed E-state index contributed by atoms with van der Waals surface area (Å²) in [5.41, 5.74) is 7.01. The number of phenolic OH excluding ortho intramolecular Hbond substituents is 1. The number of benzene rings is 1. The van der Waals surface area contributed by atoms with Gasteiger partial charge in [-0.05, 0) is 30.2 Å². The maximum Gasteiger partial charge on any atom is 0.362 e. The minimum absolute atomic E-state index is 0.116. The zero-order valence-electron chi connectivity index (χ0n) is 11.4. The van der Waals surface area contributed by atoms with Crippen molar-refractivity contribution in [3.8, 4) is 5.75 Å². The molecule has 124 valence electrons. The van der Waals surface area contributed by atoms with E-state index in [-0.39, 0.29) is 18.3 Å². The second-order valence-electron chi connectivity index (χ2n) is 4.25. The number of nitrogens with two attached hydrogens (primary N) is 1. The highest BCUT2D eigenvalue weighted by molar-refractivity contribution is 7.85. The third-order valence-electron chi connectivity index (χ3n) is 2.35. The molecule has 0 unspecified atom stereocenters. The van der Waals surface area contributed by atoms with Gasteiger partial charge in [-0.3, -0.25) is 0 Å². The van der Waals surface area contributed by atoms with Crippen LogP contribution in [0.2, 0.25) is 0 Å². The second kappa shape index (κ2) is 7.56. The number of alkyl halides is 3. The Bertz CT molecular complexity index is 659. The normalized spacial score (nSPS) is 13.2. The summed E-state index contributed by atoms with van der Waals surface area (Å²) >= 11 is 16.1. The Kier molecular flexibility index (Phi) is 6.57. The fraction of sp³-hybridized carbons (Fsp3) is 0.364. The van der Waals surface area contributed by atoms with E-state index in [0.29, 0.717) is 0 Å². The maximum absolute atomic E-state index is 11.5. The Labute approximate surface area is 143 Å². The quantitative estimate of drug-likeness (QED) is 0.402. The molecule has 0 saturated carbocycles. The van der Waals surface area contributed by atoms with Gasteiger partial charge in [-0.15, -0.1) is 0 Å². The minimum atomic E-state index is -4.23. The highest BCUT2D eigenvalue weighted by Crippen LogP contribution is 2.26. The third-order valence-corrected chi connectivity index (χ3v) is 3.57. The molecule has 7 nitrogen and oxygen atoms in total. The lowest BCUT2D eigenvalue weighted by Gasteiger charge is -2.12. The lowest BCUT2D eigenvalue weighted by Crippen LogP contribution is -2.39. The van der Waals surface area contributed by atoms with Crippen LogP contribution in [-0.2, 0) is 21.0 Å². The lowest BCUT2D eigenvalue weighted by molar-refractivity contribution is 0.322. The number of aromatic hydroxyl groups is 1. The summed E-state index contributed by atoms with van der Waals surface area (Å²) < 4.78 is 27.5. The van der Waals surface area contributed by atoms with Crippen molar-refractivity contribution in [3.05, 3.63) is 29.3 Å². The molecule has 0 aromatic heterocycles. The van der Waals surface area contributed by atoms with Crippen LogP contribution in [0, 0.1) is 6.92 Å². The Morgan fingerprint density at radius 1 is 1.45 bits per heavy atom. The number of hydrogen-bond acceptors (Lipinski definition) is 5. The molecular weight excluding hydrogens is 377 g/mol. The van der Waals surface area contributed by atoms with Crippen LogP contribution in [0.1, 0.15) is 11.1 Å². The fourth-order valence-electron chi connectivity index (χ4n) is 1.36. The van der Waals surface area contributed by atoms with Crippen molar-refractivity contribution in [3.63, 3.8) is 0 Å². The molecule has 0 bridgehead atoms. The monoisotopic (exact) mass is 389 g/mol. The van der Waals surface area contributed by atoms with Crippen LogP contribution >= 0.6 is 34.8 Å². The van der Waals surface area contributed by atoms with Gasteiger partial charge >= 0.3 is 10.3 Å². The highest BCUT2D eigenvalue weighted by Gasteiger charge is 2.24. The Morgan fingerprint density at radius 3 is 2.64 bits per heavy atom. The van der Waals surface area contributed by atoms with Crippen molar-refractivity contribution in [1.82, 2.24) is 4.72 Å². The van der Waals surface area contributed by atoms with Gasteiger partial charge in [0.15, 0.2) is 0 Å². The molecule has 0 atom stereocenters. The van der Waals surface area contributed by atoms with Crippen LogP contribution in [0.4, 0.5) is 0 Å². The SMILES string of the molecule is Cc1cc(O)ccc1CN=C(N)NS(=O)(=O)OCC(Cl)(Cl)Cl. The Hall–Kier alpha value is -0.930. The summed E-state index contributed by atoms with van der Waals surface area (Å²) in [7, 11) is -4.23. The Balaban J connectivity index is 2.65. The molecule has 0 heterocycles. The number of aliphatic imine (C=N–C) groups is 1. The average molecular weight is 391 g/mol. The zero-order valence-corrected chi connectivity index (χ0v) is 14.5. The summed E-state index contributed by atoms with van der Waals surface area (Å²) in [6.07, 6.45) is 0. The molecule has 0 spiro atoms.